The van der Waals surface area contributed by atoms with Crippen LogP contribution in [0.5, 0.6) is 11.5 Å². The highest BCUT2D eigenvalue weighted by molar-refractivity contribution is 9.10. The fourth-order valence-corrected chi connectivity index (χ4v) is 4.01. The Balaban J connectivity index is 1.77. The van der Waals surface area contributed by atoms with Gasteiger partial charge in [-0.1, -0.05) is 12.1 Å². The van der Waals surface area contributed by atoms with Crippen LogP contribution in [0.2, 0.25) is 0 Å². The minimum absolute atomic E-state index is 0.308. The minimum atomic E-state index is -0.395. The summed E-state index contributed by atoms with van der Waals surface area (Å²) in [5.74, 6) is 0.976. The maximum absolute atomic E-state index is 13.5. The van der Waals surface area contributed by atoms with Crippen LogP contribution in [0.15, 0.2) is 87.2 Å². The van der Waals surface area contributed by atoms with Gasteiger partial charge in [-0.2, -0.15) is 5.10 Å². The normalized spacial score (nSPS) is 11.3. The van der Waals surface area contributed by atoms with E-state index in [0.717, 1.165) is 5.56 Å². The molecular weight excluding hydrogens is 512 g/mol. The Bertz CT molecular complexity index is 1440. The van der Waals surface area contributed by atoms with Gasteiger partial charge in [-0.3, -0.25) is 14.7 Å². The third-order valence-corrected chi connectivity index (χ3v) is 6.10. The second-order valence-corrected chi connectivity index (χ2v) is 8.40. The van der Waals surface area contributed by atoms with Gasteiger partial charge in [-0.25, -0.2) is 10.1 Å². The zero-order chi connectivity index (χ0) is 24.9. The summed E-state index contributed by atoms with van der Waals surface area (Å²) in [6.07, 6.45) is 0. The van der Waals surface area contributed by atoms with Crippen LogP contribution < -0.4 is 20.5 Å². The third kappa shape index (κ3) is 5.04. The predicted molar refractivity (Wildman–Crippen MR) is 139 cm³/mol. The maximum Gasteiger partial charge on any atom is 0.281 e. The number of methoxy groups -OCH3 is 2. The predicted octanol–water partition coefficient (Wildman–Crippen LogP) is 4.77. The van der Waals surface area contributed by atoms with Crippen LogP contribution in [0.3, 0.4) is 0 Å². The van der Waals surface area contributed by atoms with Crippen LogP contribution in [-0.4, -0.2) is 35.6 Å². The summed E-state index contributed by atoms with van der Waals surface area (Å²) in [7, 11) is 3.17. The van der Waals surface area contributed by atoms with E-state index in [-0.39, 0.29) is 5.56 Å². The molecule has 9 heteroatoms. The Morgan fingerprint density at radius 3 is 2.14 bits per heavy atom. The van der Waals surface area contributed by atoms with E-state index in [4.69, 9.17) is 9.47 Å². The molecule has 0 atom stereocenters. The van der Waals surface area contributed by atoms with Crippen molar-refractivity contribution in [2.75, 3.05) is 14.2 Å². The monoisotopic (exact) mass is 534 g/mol. The molecule has 4 aromatic rings. The average Bonchev–Trinajstić information content (AvgIpc) is 3.24. The number of benzene rings is 3. The van der Waals surface area contributed by atoms with Crippen molar-refractivity contribution in [3.05, 3.63) is 98.7 Å². The van der Waals surface area contributed by atoms with Crippen LogP contribution in [0.25, 0.3) is 16.9 Å². The second kappa shape index (κ2) is 10.4. The molecule has 178 valence electrons. The summed E-state index contributed by atoms with van der Waals surface area (Å²) >= 11 is 3.37. The standard InChI is InChI=1S/C26H23BrN4O4/c1-16(28-29-25(32)21-6-4-5-7-22(21)27)23-24(17-8-12-19(34-2)13-9-17)30-31(26(23)33)18-10-14-20(35-3)15-11-18/h4-15,30H,1-3H3,(H,29,32)/b28-16+. The van der Waals surface area contributed by atoms with E-state index in [1.165, 1.54) is 4.68 Å². The number of halogens is 1. The summed E-state index contributed by atoms with van der Waals surface area (Å²) in [6.45, 7) is 1.68. The van der Waals surface area contributed by atoms with E-state index in [9.17, 15) is 9.59 Å². The van der Waals surface area contributed by atoms with Crippen molar-refractivity contribution >= 4 is 27.5 Å². The first-order chi connectivity index (χ1) is 16.9. The number of rotatable bonds is 7. The van der Waals surface area contributed by atoms with Crippen molar-refractivity contribution in [1.29, 1.82) is 0 Å². The second-order valence-electron chi connectivity index (χ2n) is 7.55. The van der Waals surface area contributed by atoms with Crippen molar-refractivity contribution in [3.63, 3.8) is 0 Å². The van der Waals surface area contributed by atoms with Gasteiger partial charge in [0.15, 0.2) is 0 Å². The van der Waals surface area contributed by atoms with Crippen molar-refractivity contribution in [1.82, 2.24) is 15.2 Å². The van der Waals surface area contributed by atoms with E-state index in [1.54, 1.807) is 63.6 Å². The third-order valence-electron chi connectivity index (χ3n) is 5.41. The topological polar surface area (TPSA) is 97.7 Å². The van der Waals surface area contributed by atoms with Gasteiger partial charge < -0.3 is 9.47 Å². The van der Waals surface area contributed by atoms with E-state index in [2.05, 4.69) is 31.6 Å². The number of aromatic amines is 1. The summed E-state index contributed by atoms with van der Waals surface area (Å²) < 4.78 is 12.6. The molecule has 0 saturated heterocycles. The lowest BCUT2D eigenvalue weighted by Gasteiger charge is -2.06. The molecule has 8 nitrogen and oxygen atoms in total. The number of H-pyrrole nitrogens is 1. The molecule has 4 rings (SSSR count). The lowest BCUT2D eigenvalue weighted by atomic mass is 10.1. The molecule has 35 heavy (non-hydrogen) atoms. The van der Waals surface area contributed by atoms with Crippen LogP contribution >= 0.6 is 15.9 Å². The molecule has 0 bridgehead atoms. The van der Waals surface area contributed by atoms with Gasteiger partial charge in [0.25, 0.3) is 11.5 Å². The van der Waals surface area contributed by atoms with Crippen LogP contribution in [-0.2, 0) is 0 Å². The fraction of sp³-hybridized carbons (Fsp3) is 0.115. The van der Waals surface area contributed by atoms with Gasteiger partial charge in [-0.05, 0) is 83.5 Å². The molecule has 0 aliphatic rings. The highest BCUT2D eigenvalue weighted by atomic mass is 79.9. The summed E-state index contributed by atoms with van der Waals surface area (Å²) in [6, 6.07) is 21.4. The number of carbonyl (C=O) groups excluding carboxylic acids is 1. The van der Waals surface area contributed by atoms with E-state index >= 15 is 0 Å². The number of hydrogen-bond acceptors (Lipinski definition) is 5. The molecule has 0 aliphatic carbocycles. The zero-order valence-electron chi connectivity index (χ0n) is 19.3. The molecule has 0 unspecified atom stereocenters. The molecule has 0 radical (unpaired) electrons. The Kier molecular flexibility index (Phi) is 7.17. The summed E-state index contributed by atoms with van der Waals surface area (Å²) in [5, 5.41) is 7.43. The minimum Gasteiger partial charge on any atom is -0.497 e. The molecule has 1 aromatic heterocycles. The Morgan fingerprint density at radius 1 is 0.943 bits per heavy atom. The van der Waals surface area contributed by atoms with Crippen molar-refractivity contribution in [2.24, 2.45) is 5.10 Å². The van der Waals surface area contributed by atoms with Gasteiger partial charge in [-0.15, -0.1) is 0 Å². The van der Waals surface area contributed by atoms with Crippen molar-refractivity contribution < 1.29 is 14.3 Å². The Hall–Kier alpha value is -4.11. The number of hydrogen-bond donors (Lipinski definition) is 2. The largest absolute Gasteiger partial charge is 0.497 e. The number of carbonyl (C=O) groups is 1. The lowest BCUT2D eigenvalue weighted by Crippen LogP contribution is -2.23. The smallest absolute Gasteiger partial charge is 0.281 e. The van der Waals surface area contributed by atoms with Crippen LogP contribution in [0, 0.1) is 0 Å². The van der Waals surface area contributed by atoms with Gasteiger partial charge in [0.1, 0.15) is 11.5 Å². The molecule has 3 aromatic carbocycles. The fourth-order valence-electron chi connectivity index (χ4n) is 3.55. The molecule has 0 aliphatic heterocycles. The molecule has 0 fully saturated rings. The first kappa shape index (κ1) is 24.0. The molecule has 1 amide bonds. The van der Waals surface area contributed by atoms with Gasteiger partial charge in [0, 0.05) is 10.0 Å². The Morgan fingerprint density at radius 2 is 1.54 bits per heavy atom. The molecule has 0 spiro atoms. The number of aromatic nitrogens is 2. The van der Waals surface area contributed by atoms with Crippen molar-refractivity contribution in [2.45, 2.75) is 6.92 Å². The number of hydrazone groups is 1. The quantitative estimate of drug-likeness (QED) is 0.263. The van der Waals surface area contributed by atoms with Gasteiger partial charge in [0.2, 0.25) is 0 Å². The first-order valence-electron chi connectivity index (χ1n) is 10.7. The molecule has 1 heterocycles. The van der Waals surface area contributed by atoms with Gasteiger partial charge >= 0.3 is 0 Å². The highest BCUT2D eigenvalue weighted by Gasteiger charge is 2.20. The molecule has 0 saturated carbocycles. The summed E-state index contributed by atoms with van der Waals surface area (Å²) in [5.41, 5.74) is 5.30. The number of ether oxygens (including phenoxy) is 2. The zero-order valence-corrected chi connectivity index (χ0v) is 20.9. The van der Waals surface area contributed by atoms with Gasteiger partial charge in [0.05, 0.1) is 42.4 Å². The lowest BCUT2D eigenvalue weighted by molar-refractivity contribution is 0.0954. The number of nitrogens with one attached hydrogen (secondary N) is 2. The molecular formula is C26H23BrN4O4. The number of amides is 1. The SMILES string of the molecule is COc1ccc(-c2[nH]n(-c3ccc(OC)cc3)c(=O)c2/C(C)=N/NC(=O)c2ccccc2Br)cc1. The Labute approximate surface area is 210 Å². The van der Waals surface area contributed by atoms with E-state index in [0.29, 0.717) is 44.2 Å². The van der Waals surface area contributed by atoms with Crippen LogP contribution in [0.4, 0.5) is 0 Å². The average molecular weight is 535 g/mol. The maximum atomic E-state index is 13.5. The first-order valence-corrected chi connectivity index (χ1v) is 11.5. The summed E-state index contributed by atoms with van der Waals surface area (Å²) in [4.78, 5) is 26.2. The highest BCUT2D eigenvalue weighted by Crippen LogP contribution is 2.25. The van der Waals surface area contributed by atoms with E-state index in [1.807, 2.05) is 30.3 Å². The van der Waals surface area contributed by atoms with E-state index < -0.39 is 5.91 Å². The molecule has 2 N–H and O–H groups in total. The number of nitrogens with zero attached hydrogens (tertiary/aromatic N) is 2. The van der Waals surface area contributed by atoms with Crippen molar-refractivity contribution in [3.8, 4) is 28.4 Å². The van der Waals surface area contributed by atoms with Crippen LogP contribution in [0.1, 0.15) is 22.8 Å².